The predicted molar refractivity (Wildman–Crippen MR) is 77.7 cm³/mol. The molecule has 0 aliphatic heterocycles. The number of ether oxygens (including phenoxy) is 1. The summed E-state index contributed by atoms with van der Waals surface area (Å²) in [4.78, 5) is 4.17. The van der Waals surface area contributed by atoms with E-state index in [2.05, 4.69) is 20.5 Å². The van der Waals surface area contributed by atoms with E-state index in [-0.39, 0.29) is 0 Å². The quantitative estimate of drug-likeness (QED) is 0.786. The Balaban J connectivity index is 1.79. The lowest BCUT2D eigenvalue weighted by Gasteiger charge is -2.08. The lowest BCUT2D eigenvalue weighted by atomic mass is 10.2. The highest BCUT2D eigenvalue weighted by atomic mass is 16.5. The van der Waals surface area contributed by atoms with Crippen LogP contribution in [0.2, 0.25) is 0 Å². The van der Waals surface area contributed by atoms with E-state index in [9.17, 15) is 0 Å². The zero-order chi connectivity index (χ0) is 13.8. The van der Waals surface area contributed by atoms with Crippen molar-refractivity contribution in [2.24, 2.45) is 0 Å². The zero-order valence-corrected chi connectivity index (χ0v) is 11.1. The average Bonchev–Trinajstić information content (AvgIpc) is 2.53. The van der Waals surface area contributed by atoms with Gasteiger partial charge in [-0.15, -0.1) is 5.10 Å². The third-order valence-corrected chi connectivity index (χ3v) is 3.04. The first-order chi connectivity index (χ1) is 9.86. The maximum atomic E-state index is 5.04. The number of fused-ring (bicyclic) bond motifs is 1. The lowest BCUT2D eigenvalue weighted by molar-refractivity contribution is 0.397. The molecule has 2 aromatic heterocycles. The van der Waals surface area contributed by atoms with Gasteiger partial charge in [-0.05, 0) is 5.56 Å². The standard InChI is InChI=1S/C15H14N4O/c1-20-14-7-6-11(8-16-14)9-17-15-13-5-3-2-4-12(13)10-18-19-15/h2-8,10H,9H2,1H3,(H,17,19). The lowest BCUT2D eigenvalue weighted by Crippen LogP contribution is -2.03. The van der Waals surface area contributed by atoms with Crippen molar-refractivity contribution in [2.75, 3.05) is 12.4 Å². The Morgan fingerprint density at radius 3 is 2.80 bits per heavy atom. The van der Waals surface area contributed by atoms with E-state index in [1.807, 2.05) is 36.4 Å². The zero-order valence-electron chi connectivity index (χ0n) is 11.1. The minimum Gasteiger partial charge on any atom is -0.481 e. The molecule has 0 unspecified atom stereocenters. The molecule has 3 aromatic rings. The maximum absolute atomic E-state index is 5.04. The van der Waals surface area contributed by atoms with Crippen LogP contribution in [0, 0.1) is 0 Å². The van der Waals surface area contributed by atoms with Crippen molar-refractivity contribution >= 4 is 16.6 Å². The molecule has 100 valence electrons. The highest BCUT2D eigenvalue weighted by Crippen LogP contribution is 2.19. The molecule has 5 nitrogen and oxygen atoms in total. The van der Waals surface area contributed by atoms with E-state index in [1.165, 1.54) is 0 Å². The van der Waals surface area contributed by atoms with Crippen LogP contribution < -0.4 is 10.1 Å². The summed E-state index contributed by atoms with van der Waals surface area (Å²) in [5.41, 5.74) is 1.06. The Hall–Kier alpha value is -2.69. The van der Waals surface area contributed by atoms with E-state index < -0.39 is 0 Å². The van der Waals surface area contributed by atoms with Crippen LogP contribution in [0.15, 0.2) is 48.8 Å². The van der Waals surface area contributed by atoms with E-state index >= 15 is 0 Å². The van der Waals surface area contributed by atoms with Gasteiger partial charge >= 0.3 is 0 Å². The van der Waals surface area contributed by atoms with Gasteiger partial charge < -0.3 is 10.1 Å². The second kappa shape index (κ2) is 5.52. The number of hydrogen-bond acceptors (Lipinski definition) is 5. The second-order valence-electron chi connectivity index (χ2n) is 4.34. The van der Waals surface area contributed by atoms with Gasteiger partial charge in [-0.3, -0.25) is 0 Å². The fourth-order valence-electron chi connectivity index (χ4n) is 1.98. The Morgan fingerprint density at radius 1 is 1.10 bits per heavy atom. The molecular formula is C15H14N4O. The molecule has 0 amide bonds. The summed E-state index contributed by atoms with van der Waals surface area (Å²) in [5, 5.41) is 13.6. The fraction of sp³-hybridized carbons (Fsp3) is 0.133. The molecule has 0 fully saturated rings. The van der Waals surface area contributed by atoms with E-state index in [0.717, 1.165) is 22.2 Å². The molecule has 1 aromatic carbocycles. The van der Waals surface area contributed by atoms with E-state index in [0.29, 0.717) is 12.4 Å². The molecule has 0 bridgehead atoms. The minimum atomic E-state index is 0.610. The van der Waals surface area contributed by atoms with Gasteiger partial charge in [-0.1, -0.05) is 30.3 Å². The SMILES string of the molecule is COc1ccc(CNc2nncc3ccccc23)cn1. The van der Waals surface area contributed by atoms with Crippen LogP contribution in [0.5, 0.6) is 5.88 Å². The van der Waals surface area contributed by atoms with E-state index in [1.54, 1.807) is 19.5 Å². The number of aromatic nitrogens is 3. The van der Waals surface area contributed by atoms with Crippen molar-refractivity contribution in [1.82, 2.24) is 15.2 Å². The van der Waals surface area contributed by atoms with Gasteiger partial charge in [-0.2, -0.15) is 5.10 Å². The van der Waals surface area contributed by atoms with Crippen LogP contribution in [0.4, 0.5) is 5.82 Å². The molecule has 0 radical (unpaired) electrons. The summed E-state index contributed by atoms with van der Waals surface area (Å²) < 4.78 is 5.04. The van der Waals surface area contributed by atoms with Gasteiger partial charge in [0.2, 0.25) is 5.88 Å². The molecule has 2 heterocycles. The average molecular weight is 266 g/mol. The van der Waals surface area contributed by atoms with E-state index in [4.69, 9.17) is 4.74 Å². The maximum Gasteiger partial charge on any atom is 0.212 e. The normalized spacial score (nSPS) is 10.4. The number of pyridine rings is 1. The molecule has 0 saturated heterocycles. The Morgan fingerprint density at radius 2 is 2.00 bits per heavy atom. The molecule has 5 heteroatoms. The predicted octanol–water partition coefficient (Wildman–Crippen LogP) is 2.65. The third kappa shape index (κ3) is 2.51. The molecule has 0 spiro atoms. The molecule has 1 N–H and O–H groups in total. The topological polar surface area (TPSA) is 59.9 Å². The Bertz CT molecular complexity index is 707. The molecule has 3 rings (SSSR count). The van der Waals surface area contributed by atoms with Crippen LogP contribution in [-0.2, 0) is 6.54 Å². The number of rotatable bonds is 4. The molecular weight excluding hydrogens is 252 g/mol. The summed E-state index contributed by atoms with van der Waals surface area (Å²) in [7, 11) is 1.60. The van der Waals surface area contributed by atoms with Gasteiger partial charge in [0.1, 0.15) is 0 Å². The Kier molecular flexibility index (Phi) is 3.41. The largest absolute Gasteiger partial charge is 0.481 e. The van der Waals surface area contributed by atoms with Crippen molar-refractivity contribution < 1.29 is 4.74 Å². The Labute approximate surface area is 116 Å². The molecule has 0 aliphatic rings. The monoisotopic (exact) mass is 266 g/mol. The number of benzene rings is 1. The number of methoxy groups -OCH3 is 1. The van der Waals surface area contributed by atoms with Crippen LogP contribution >= 0.6 is 0 Å². The molecule has 0 atom stereocenters. The van der Waals surface area contributed by atoms with Crippen LogP contribution in [-0.4, -0.2) is 22.3 Å². The summed E-state index contributed by atoms with van der Waals surface area (Å²) in [5.74, 6) is 1.39. The summed E-state index contributed by atoms with van der Waals surface area (Å²) in [6, 6.07) is 11.8. The van der Waals surface area contributed by atoms with Gasteiger partial charge in [-0.25, -0.2) is 4.98 Å². The van der Waals surface area contributed by atoms with Crippen LogP contribution in [0.1, 0.15) is 5.56 Å². The highest BCUT2D eigenvalue weighted by molar-refractivity contribution is 5.90. The van der Waals surface area contributed by atoms with Crippen molar-refractivity contribution in [1.29, 1.82) is 0 Å². The minimum absolute atomic E-state index is 0.610. The van der Waals surface area contributed by atoms with Gasteiger partial charge in [0.25, 0.3) is 0 Å². The van der Waals surface area contributed by atoms with Gasteiger partial charge in [0.15, 0.2) is 5.82 Å². The smallest absolute Gasteiger partial charge is 0.212 e. The molecule has 0 saturated carbocycles. The van der Waals surface area contributed by atoms with Crippen molar-refractivity contribution in [3.63, 3.8) is 0 Å². The first-order valence-corrected chi connectivity index (χ1v) is 6.30. The molecule has 0 aliphatic carbocycles. The summed E-state index contributed by atoms with van der Waals surface area (Å²) >= 11 is 0. The van der Waals surface area contributed by atoms with Crippen molar-refractivity contribution in [3.05, 3.63) is 54.4 Å². The van der Waals surface area contributed by atoms with Crippen LogP contribution in [0.25, 0.3) is 10.8 Å². The number of hydrogen-bond donors (Lipinski definition) is 1. The van der Waals surface area contributed by atoms with Crippen molar-refractivity contribution in [3.8, 4) is 5.88 Å². The highest BCUT2D eigenvalue weighted by Gasteiger charge is 2.03. The third-order valence-electron chi connectivity index (χ3n) is 3.04. The van der Waals surface area contributed by atoms with Gasteiger partial charge in [0, 0.05) is 29.6 Å². The number of nitrogens with zero attached hydrogens (tertiary/aromatic N) is 3. The second-order valence-corrected chi connectivity index (χ2v) is 4.34. The number of anilines is 1. The first-order valence-electron chi connectivity index (χ1n) is 6.30. The number of nitrogens with one attached hydrogen (secondary N) is 1. The van der Waals surface area contributed by atoms with Crippen LogP contribution in [0.3, 0.4) is 0 Å². The first kappa shape index (κ1) is 12.3. The molecule has 20 heavy (non-hydrogen) atoms. The van der Waals surface area contributed by atoms with Gasteiger partial charge in [0.05, 0.1) is 13.3 Å². The van der Waals surface area contributed by atoms with Crippen molar-refractivity contribution in [2.45, 2.75) is 6.54 Å². The summed E-state index contributed by atoms with van der Waals surface area (Å²) in [6.45, 7) is 0.639. The summed E-state index contributed by atoms with van der Waals surface area (Å²) in [6.07, 6.45) is 3.54. The fourth-order valence-corrected chi connectivity index (χ4v) is 1.98.